The summed E-state index contributed by atoms with van der Waals surface area (Å²) in [6, 6.07) is 5.41. The Hall–Kier alpha value is -1.82. The topological polar surface area (TPSA) is 61.6 Å². The third kappa shape index (κ3) is 4.09. The molecule has 6 heteroatoms. The van der Waals surface area contributed by atoms with E-state index in [1.165, 1.54) is 0 Å². The molecule has 20 heavy (non-hydrogen) atoms. The summed E-state index contributed by atoms with van der Waals surface area (Å²) < 4.78 is 0. The van der Waals surface area contributed by atoms with E-state index in [0.29, 0.717) is 0 Å². The summed E-state index contributed by atoms with van der Waals surface area (Å²) in [7, 11) is 5.82. The molecule has 0 aliphatic heterocycles. The van der Waals surface area contributed by atoms with Crippen LogP contribution in [0.2, 0.25) is 0 Å². The third-order valence-electron chi connectivity index (χ3n) is 3.24. The lowest BCUT2D eigenvalue weighted by Crippen LogP contribution is -2.40. The zero-order valence-electron chi connectivity index (χ0n) is 12.9. The van der Waals surface area contributed by atoms with E-state index in [1.54, 1.807) is 19.2 Å². The van der Waals surface area contributed by atoms with Crippen LogP contribution in [0.5, 0.6) is 0 Å². The Labute approximate surface area is 120 Å². The molecule has 0 heterocycles. The van der Waals surface area contributed by atoms with Crippen LogP contribution in [0.4, 0.5) is 17.1 Å². The van der Waals surface area contributed by atoms with E-state index in [0.717, 1.165) is 24.5 Å². The molecule has 1 aromatic rings. The fourth-order valence-corrected chi connectivity index (χ4v) is 2.39. The van der Waals surface area contributed by atoms with Gasteiger partial charge in [-0.05, 0) is 34.0 Å². The maximum absolute atomic E-state index is 11.0. The summed E-state index contributed by atoms with van der Waals surface area (Å²) in [5, 5.41) is 14.0. The van der Waals surface area contributed by atoms with Crippen molar-refractivity contribution in [3.63, 3.8) is 0 Å². The predicted octanol–water partition coefficient (Wildman–Crippen LogP) is 2.41. The van der Waals surface area contributed by atoms with E-state index in [4.69, 9.17) is 0 Å². The van der Waals surface area contributed by atoms with Crippen LogP contribution in [0.1, 0.15) is 13.8 Å². The predicted molar refractivity (Wildman–Crippen MR) is 83.7 cm³/mol. The van der Waals surface area contributed by atoms with Crippen molar-refractivity contribution in [3.05, 3.63) is 28.3 Å². The molecule has 0 spiro atoms. The standard InChI is InChI=1S/C14H24N4O2/c1-6-17(11(2)10-16(4)5)13-7-12(15-3)8-14(9-13)18(19)20/h7-9,11,15H,6,10H2,1-5H3. The number of anilines is 2. The molecule has 0 amide bonds. The number of hydrogen-bond acceptors (Lipinski definition) is 5. The average Bonchev–Trinajstić information content (AvgIpc) is 2.38. The zero-order chi connectivity index (χ0) is 15.3. The first-order chi connectivity index (χ1) is 9.38. The Bertz CT molecular complexity index is 462. The van der Waals surface area contributed by atoms with Crippen LogP contribution >= 0.6 is 0 Å². The van der Waals surface area contributed by atoms with Gasteiger partial charge in [-0.2, -0.15) is 0 Å². The van der Waals surface area contributed by atoms with Crippen molar-refractivity contribution in [3.8, 4) is 0 Å². The summed E-state index contributed by atoms with van der Waals surface area (Å²) in [6.45, 7) is 5.89. The second kappa shape index (κ2) is 7.09. The van der Waals surface area contributed by atoms with Crippen molar-refractivity contribution >= 4 is 17.1 Å². The first-order valence-electron chi connectivity index (χ1n) is 6.77. The first kappa shape index (κ1) is 16.2. The molecule has 1 rings (SSSR count). The van der Waals surface area contributed by atoms with E-state index in [-0.39, 0.29) is 16.7 Å². The fourth-order valence-electron chi connectivity index (χ4n) is 2.39. The van der Waals surface area contributed by atoms with E-state index in [1.807, 2.05) is 20.2 Å². The van der Waals surface area contributed by atoms with Crippen molar-refractivity contribution in [1.29, 1.82) is 0 Å². The van der Waals surface area contributed by atoms with Gasteiger partial charge in [0.2, 0.25) is 0 Å². The highest BCUT2D eigenvalue weighted by molar-refractivity contribution is 5.64. The SMILES string of the molecule is CCN(c1cc(NC)cc([N+](=O)[O-])c1)C(C)CN(C)C. The molecule has 1 N–H and O–H groups in total. The molecule has 6 nitrogen and oxygen atoms in total. The van der Waals surface area contributed by atoms with Gasteiger partial charge < -0.3 is 15.1 Å². The first-order valence-corrected chi connectivity index (χ1v) is 6.77. The molecular formula is C14H24N4O2. The summed E-state index contributed by atoms with van der Waals surface area (Å²) in [5.41, 5.74) is 1.74. The summed E-state index contributed by atoms with van der Waals surface area (Å²) >= 11 is 0. The number of hydrogen-bond donors (Lipinski definition) is 1. The van der Waals surface area contributed by atoms with Crippen LogP contribution < -0.4 is 10.2 Å². The Morgan fingerprint density at radius 3 is 2.45 bits per heavy atom. The van der Waals surface area contributed by atoms with Crippen LogP contribution in [-0.4, -0.2) is 50.1 Å². The highest BCUT2D eigenvalue weighted by Crippen LogP contribution is 2.28. The maximum atomic E-state index is 11.0. The van der Waals surface area contributed by atoms with Crippen LogP contribution in [0.3, 0.4) is 0 Å². The Morgan fingerprint density at radius 1 is 1.35 bits per heavy atom. The molecule has 0 saturated heterocycles. The smallest absolute Gasteiger partial charge is 0.273 e. The van der Waals surface area contributed by atoms with Gasteiger partial charge in [0, 0.05) is 49.7 Å². The average molecular weight is 280 g/mol. The van der Waals surface area contributed by atoms with Crippen LogP contribution in [0.25, 0.3) is 0 Å². The highest BCUT2D eigenvalue weighted by atomic mass is 16.6. The number of nitro groups is 1. The molecule has 1 atom stereocenters. The van der Waals surface area contributed by atoms with Gasteiger partial charge in [-0.15, -0.1) is 0 Å². The van der Waals surface area contributed by atoms with Crippen molar-refractivity contribution < 1.29 is 4.92 Å². The van der Waals surface area contributed by atoms with E-state index in [9.17, 15) is 10.1 Å². The minimum atomic E-state index is -0.352. The minimum absolute atomic E-state index is 0.113. The number of non-ortho nitro benzene ring substituents is 1. The molecule has 0 aliphatic rings. The molecule has 0 radical (unpaired) electrons. The molecule has 0 saturated carbocycles. The van der Waals surface area contributed by atoms with Crippen molar-refractivity contribution in [2.24, 2.45) is 0 Å². The third-order valence-corrected chi connectivity index (χ3v) is 3.24. The second-order valence-electron chi connectivity index (χ2n) is 5.14. The monoisotopic (exact) mass is 280 g/mol. The molecule has 112 valence electrons. The highest BCUT2D eigenvalue weighted by Gasteiger charge is 2.17. The van der Waals surface area contributed by atoms with E-state index in [2.05, 4.69) is 29.0 Å². The normalized spacial score (nSPS) is 12.3. The van der Waals surface area contributed by atoms with Gasteiger partial charge in [-0.25, -0.2) is 0 Å². The zero-order valence-corrected chi connectivity index (χ0v) is 12.9. The number of benzene rings is 1. The summed E-state index contributed by atoms with van der Waals surface area (Å²) in [6.07, 6.45) is 0. The van der Waals surface area contributed by atoms with Gasteiger partial charge in [-0.3, -0.25) is 10.1 Å². The molecule has 0 fully saturated rings. The van der Waals surface area contributed by atoms with Crippen molar-refractivity contribution in [2.45, 2.75) is 19.9 Å². The fraction of sp³-hybridized carbons (Fsp3) is 0.571. The number of rotatable bonds is 7. The van der Waals surface area contributed by atoms with E-state index >= 15 is 0 Å². The van der Waals surface area contributed by atoms with E-state index < -0.39 is 0 Å². The summed E-state index contributed by atoms with van der Waals surface area (Å²) in [5.74, 6) is 0. The molecule has 0 aromatic heterocycles. The molecule has 1 aromatic carbocycles. The van der Waals surface area contributed by atoms with Gasteiger partial charge in [-0.1, -0.05) is 0 Å². The lowest BCUT2D eigenvalue weighted by molar-refractivity contribution is -0.384. The van der Waals surface area contributed by atoms with Gasteiger partial charge >= 0.3 is 0 Å². The number of nitrogens with one attached hydrogen (secondary N) is 1. The van der Waals surface area contributed by atoms with Crippen LogP contribution in [0.15, 0.2) is 18.2 Å². The molecular weight excluding hydrogens is 256 g/mol. The number of nitro benzene ring substituents is 1. The Kier molecular flexibility index (Phi) is 5.76. The molecule has 0 bridgehead atoms. The van der Waals surface area contributed by atoms with Crippen LogP contribution in [-0.2, 0) is 0 Å². The molecule has 0 aliphatic carbocycles. The summed E-state index contributed by atoms with van der Waals surface area (Å²) in [4.78, 5) is 15.0. The van der Waals surface area contributed by atoms with Gasteiger partial charge in [0.15, 0.2) is 0 Å². The lowest BCUT2D eigenvalue weighted by Gasteiger charge is -2.32. The van der Waals surface area contributed by atoms with Crippen molar-refractivity contribution in [1.82, 2.24) is 4.90 Å². The van der Waals surface area contributed by atoms with Crippen molar-refractivity contribution in [2.75, 3.05) is 44.4 Å². The quantitative estimate of drug-likeness (QED) is 0.614. The maximum Gasteiger partial charge on any atom is 0.273 e. The number of likely N-dealkylation sites (N-methyl/N-ethyl adjacent to an activating group) is 2. The van der Waals surface area contributed by atoms with Gasteiger partial charge in [0.25, 0.3) is 5.69 Å². The van der Waals surface area contributed by atoms with Crippen LogP contribution in [0, 0.1) is 10.1 Å². The largest absolute Gasteiger partial charge is 0.388 e. The van der Waals surface area contributed by atoms with Gasteiger partial charge in [0.1, 0.15) is 0 Å². The number of nitrogens with zero attached hydrogens (tertiary/aromatic N) is 3. The minimum Gasteiger partial charge on any atom is -0.388 e. The Balaban J connectivity index is 3.13. The lowest BCUT2D eigenvalue weighted by atomic mass is 10.2. The van der Waals surface area contributed by atoms with Gasteiger partial charge in [0.05, 0.1) is 4.92 Å². The Morgan fingerprint density at radius 2 is 2.00 bits per heavy atom. The second-order valence-corrected chi connectivity index (χ2v) is 5.14. The molecule has 1 unspecified atom stereocenters.